The highest BCUT2D eigenvalue weighted by molar-refractivity contribution is 9.10. The molecule has 0 heterocycles. The van der Waals surface area contributed by atoms with Crippen LogP contribution in [0.5, 0.6) is 0 Å². The van der Waals surface area contributed by atoms with Crippen molar-refractivity contribution in [2.24, 2.45) is 10.7 Å². The fourth-order valence-electron chi connectivity index (χ4n) is 1.19. The first-order chi connectivity index (χ1) is 8.77. The monoisotopic (exact) mass is 336 g/mol. The smallest absolute Gasteiger partial charge is 0.434 e. The number of rotatable bonds is 3. The van der Waals surface area contributed by atoms with Crippen molar-refractivity contribution in [2.75, 3.05) is 0 Å². The summed E-state index contributed by atoms with van der Waals surface area (Å²) < 4.78 is 38.8. The highest BCUT2D eigenvalue weighted by Gasteiger charge is 2.40. The first-order valence-electron chi connectivity index (χ1n) is 4.83. The third-order valence-electron chi connectivity index (χ3n) is 2.01. The third-order valence-corrected chi connectivity index (χ3v) is 2.68. The second kappa shape index (κ2) is 5.87. The van der Waals surface area contributed by atoms with Crippen molar-refractivity contribution in [3.05, 3.63) is 40.5 Å². The molecule has 0 radical (unpaired) electrons. The van der Waals surface area contributed by atoms with E-state index in [1.165, 1.54) is 18.2 Å². The number of carboxylic acids is 1. The van der Waals surface area contributed by atoms with Gasteiger partial charge >= 0.3 is 12.1 Å². The summed E-state index contributed by atoms with van der Waals surface area (Å²) in [5.74, 6) is -1.80. The predicted octanol–water partition coefficient (Wildman–Crippen LogP) is 3.01. The average Bonchev–Trinajstić information content (AvgIpc) is 2.29. The lowest BCUT2D eigenvalue weighted by Gasteiger charge is -2.11. The number of aliphatic carboxylic acids is 1. The highest BCUT2D eigenvalue weighted by Crippen LogP contribution is 2.30. The Morgan fingerprint density at radius 2 is 1.95 bits per heavy atom. The SMILES string of the molecule is N/C=C(/C(=O)O)C(=Nc1ccccc1Br)C(F)(F)F. The van der Waals surface area contributed by atoms with E-state index in [1.807, 2.05) is 0 Å². The van der Waals surface area contributed by atoms with E-state index >= 15 is 0 Å². The molecule has 0 bridgehead atoms. The van der Waals surface area contributed by atoms with Crippen LogP contribution in [0.25, 0.3) is 0 Å². The van der Waals surface area contributed by atoms with Gasteiger partial charge in [-0.2, -0.15) is 13.2 Å². The van der Waals surface area contributed by atoms with Crippen LogP contribution in [0, 0.1) is 0 Å². The Labute approximate surface area is 114 Å². The van der Waals surface area contributed by atoms with Crippen molar-refractivity contribution in [1.29, 1.82) is 0 Å². The number of hydrogen-bond donors (Lipinski definition) is 2. The van der Waals surface area contributed by atoms with E-state index in [1.54, 1.807) is 6.07 Å². The summed E-state index contributed by atoms with van der Waals surface area (Å²) in [5, 5.41) is 8.71. The number of carbonyl (C=O) groups is 1. The van der Waals surface area contributed by atoms with E-state index in [4.69, 9.17) is 10.8 Å². The van der Waals surface area contributed by atoms with Crippen molar-refractivity contribution in [3.8, 4) is 0 Å². The molecule has 0 amide bonds. The van der Waals surface area contributed by atoms with Gasteiger partial charge in [0.15, 0.2) is 5.71 Å². The molecule has 4 nitrogen and oxygen atoms in total. The molecule has 0 aliphatic carbocycles. The van der Waals surface area contributed by atoms with Crippen LogP contribution < -0.4 is 5.73 Å². The van der Waals surface area contributed by atoms with Gasteiger partial charge in [-0.15, -0.1) is 0 Å². The molecule has 0 fully saturated rings. The fourth-order valence-corrected chi connectivity index (χ4v) is 1.56. The van der Waals surface area contributed by atoms with Gasteiger partial charge in [-0.05, 0) is 28.1 Å². The maximum Gasteiger partial charge on any atom is 0.434 e. The Morgan fingerprint density at radius 3 is 2.37 bits per heavy atom. The van der Waals surface area contributed by atoms with E-state index < -0.39 is 23.4 Å². The number of nitrogens with zero attached hydrogens (tertiary/aromatic N) is 1. The first-order valence-corrected chi connectivity index (χ1v) is 5.62. The maximum atomic E-state index is 12.8. The molecule has 0 saturated heterocycles. The number of alkyl halides is 3. The molecular formula is C11H8BrF3N2O2. The van der Waals surface area contributed by atoms with Crippen LogP contribution in [0.3, 0.4) is 0 Å². The Kier molecular flexibility index (Phi) is 4.71. The number of nitrogens with two attached hydrogens (primary N) is 1. The number of halogens is 4. The lowest BCUT2D eigenvalue weighted by molar-refractivity contribution is -0.132. The maximum absolute atomic E-state index is 12.8. The van der Waals surface area contributed by atoms with Crippen LogP contribution in [0.4, 0.5) is 18.9 Å². The van der Waals surface area contributed by atoms with Gasteiger partial charge < -0.3 is 10.8 Å². The Morgan fingerprint density at radius 1 is 1.37 bits per heavy atom. The Balaban J connectivity index is 3.43. The summed E-state index contributed by atoms with van der Waals surface area (Å²) in [4.78, 5) is 14.1. The number of aliphatic imine (C=N–C) groups is 1. The minimum absolute atomic E-state index is 0.0459. The van der Waals surface area contributed by atoms with Crippen LogP contribution in [0.2, 0.25) is 0 Å². The molecule has 0 saturated carbocycles. The fraction of sp³-hybridized carbons (Fsp3) is 0.0909. The average molecular weight is 337 g/mol. The molecule has 8 heteroatoms. The molecule has 0 aliphatic rings. The lowest BCUT2D eigenvalue weighted by atomic mass is 10.1. The summed E-state index contributed by atoms with van der Waals surface area (Å²) in [6.45, 7) is 0. The van der Waals surface area contributed by atoms with E-state index in [9.17, 15) is 18.0 Å². The molecule has 1 aromatic carbocycles. The highest BCUT2D eigenvalue weighted by atomic mass is 79.9. The largest absolute Gasteiger partial charge is 0.478 e. The van der Waals surface area contributed by atoms with E-state index in [-0.39, 0.29) is 5.69 Å². The van der Waals surface area contributed by atoms with Crippen LogP contribution in [0.1, 0.15) is 0 Å². The van der Waals surface area contributed by atoms with Crippen molar-refractivity contribution >= 4 is 33.3 Å². The van der Waals surface area contributed by atoms with Crippen LogP contribution in [-0.2, 0) is 4.79 Å². The Bertz CT molecular complexity index is 553. The third kappa shape index (κ3) is 3.82. The van der Waals surface area contributed by atoms with Gasteiger partial charge in [0.05, 0.1) is 5.69 Å². The number of benzene rings is 1. The van der Waals surface area contributed by atoms with Gasteiger partial charge in [0.25, 0.3) is 0 Å². The molecule has 1 rings (SSSR count). The van der Waals surface area contributed by atoms with Crippen molar-refractivity contribution < 1.29 is 23.1 Å². The molecule has 102 valence electrons. The standard InChI is InChI=1S/C11H8BrF3N2O2/c12-7-3-1-2-4-8(7)17-9(11(13,14)15)6(5-16)10(18)19/h1-5H,16H2,(H,18,19)/b6-5+,17-9?. The van der Waals surface area contributed by atoms with E-state index in [2.05, 4.69) is 20.9 Å². The minimum Gasteiger partial charge on any atom is -0.478 e. The zero-order chi connectivity index (χ0) is 14.6. The summed E-state index contributed by atoms with van der Waals surface area (Å²) >= 11 is 3.03. The molecule has 0 aliphatic heterocycles. The molecular weight excluding hydrogens is 329 g/mol. The topological polar surface area (TPSA) is 75.7 Å². The lowest BCUT2D eigenvalue weighted by Crippen LogP contribution is -2.29. The molecule has 0 atom stereocenters. The zero-order valence-electron chi connectivity index (χ0n) is 9.28. The Hall–Kier alpha value is -1.83. The molecule has 19 heavy (non-hydrogen) atoms. The van der Waals surface area contributed by atoms with Crippen LogP contribution >= 0.6 is 15.9 Å². The number of hydrogen-bond acceptors (Lipinski definition) is 3. The van der Waals surface area contributed by atoms with Crippen molar-refractivity contribution in [1.82, 2.24) is 0 Å². The molecule has 0 spiro atoms. The zero-order valence-corrected chi connectivity index (χ0v) is 10.9. The predicted molar refractivity (Wildman–Crippen MR) is 67.2 cm³/mol. The normalized spacial score (nSPS) is 13.5. The second-order valence-electron chi connectivity index (χ2n) is 3.30. The van der Waals surface area contributed by atoms with Crippen LogP contribution in [-0.4, -0.2) is 23.0 Å². The quantitative estimate of drug-likeness (QED) is 0.658. The summed E-state index contributed by atoms with van der Waals surface area (Å²) in [6, 6.07) is 5.86. The molecule has 1 aromatic rings. The van der Waals surface area contributed by atoms with Gasteiger partial charge in [0.2, 0.25) is 0 Å². The van der Waals surface area contributed by atoms with Gasteiger partial charge in [0, 0.05) is 10.7 Å². The summed E-state index contributed by atoms with van der Waals surface area (Å²) in [6.07, 6.45) is -4.57. The van der Waals surface area contributed by atoms with Crippen LogP contribution in [0.15, 0.2) is 45.5 Å². The minimum atomic E-state index is -4.93. The van der Waals surface area contributed by atoms with Crippen molar-refractivity contribution in [3.63, 3.8) is 0 Å². The molecule has 0 aromatic heterocycles. The first kappa shape index (κ1) is 15.2. The summed E-state index contributed by atoms with van der Waals surface area (Å²) in [5.41, 5.74) is 2.21. The second-order valence-corrected chi connectivity index (χ2v) is 4.15. The molecule has 0 unspecified atom stereocenters. The van der Waals surface area contributed by atoms with Gasteiger partial charge in [-0.1, -0.05) is 12.1 Å². The van der Waals surface area contributed by atoms with E-state index in [0.29, 0.717) is 10.7 Å². The molecule has 3 N–H and O–H groups in total. The van der Waals surface area contributed by atoms with Gasteiger partial charge in [0.1, 0.15) is 5.57 Å². The number of carboxylic acid groups (broad SMARTS) is 1. The number of para-hydroxylation sites is 1. The van der Waals surface area contributed by atoms with Crippen molar-refractivity contribution in [2.45, 2.75) is 6.18 Å². The van der Waals surface area contributed by atoms with Gasteiger partial charge in [-0.3, -0.25) is 0 Å². The van der Waals surface area contributed by atoms with E-state index in [0.717, 1.165) is 0 Å². The van der Waals surface area contributed by atoms with Gasteiger partial charge in [-0.25, -0.2) is 9.79 Å². The summed E-state index contributed by atoms with van der Waals surface area (Å²) in [7, 11) is 0.